The van der Waals surface area contributed by atoms with Gasteiger partial charge in [-0.3, -0.25) is 4.79 Å². The molecule has 0 unspecified atom stereocenters. The van der Waals surface area contributed by atoms with Crippen LogP contribution < -0.4 is 5.32 Å². The molecule has 1 aromatic rings. The Kier molecular flexibility index (Phi) is 1.77. The van der Waals surface area contributed by atoms with E-state index in [4.69, 9.17) is 5.11 Å². The molecule has 0 aliphatic carbocycles. The summed E-state index contributed by atoms with van der Waals surface area (Å²) in [5.41, 5.74) is 1.69. The van der Waals surface area contributed by atoms with Crippen molar-refractivity contribution in [2.75, 3.05) is 5.32 Å². The molecule has 72 valence electrons. The zero-order valence-electron chi connectivity index (χ0n) is 7.57. The Bertz CT molecular complexity index is 425. The van der Waals surface area contributed by atoms with Crippen molar-refractivity contribution in [3.63, 3.8) is 0 Å². The van der Waals surface area contributed by atoms with E-state index in [1.165, 1.54) is 6.07 Å². The summed E-state index contributed by atoms with van der Waals surface area (Å²) in [6.45, 7) is 1.76. The van der Waals surface area contributed by atoms with Crippen LogP contribution in [0.1, 0.15) is 28.8 Å². The second kappa shape index (κ2) is 2.83. The number of rotatable bonds is 1. The molecule has 0 fully saturated rings. The van der Waals surface area contributed by atoms with Crippen LogP contribution in [-0.2, 0) is 4.79 Å². The van der Waals surface area contributed by atoms with Gasteiger partial charge in [-0.1, -0.05) is 0 Å². The van der Waals surface area contributed by atoms with E-state index in [0.717, 1.165) is 5.56 Å². The summed E-state index contributed by atoms with van der Waals surface area (Å²) in [5, 5.41) is 11.4. The molecule has 0 saturated heterocycles. The molecule has 4 heteroatoms. The van der Waals surface area contributed by atoms with E-state index in [1.54, 1.807) is 19.1 Å². The third kappa shape index (κ3) is 1.16. The summed E-state index contributed by atoms with van der Waals surface area (Å²) >= 11 is 0. The van der Waals surface area contributed by atoms with E-state index < -0.39 is 5.97 Å². The summed E-state index contributed by atoms with van der Waals surface area (Å²) in [6, 6.07) is 4.65. The van der Waals surface area contributed by atoms with Crippen LogP contribution >= 0.6 is 0 Å². The Morgan fingerprint density at radius 2 is 2.21 bits per heavy atom. The second-order valence-electron chi connectivity index (χ2n) is 3.32. The van der Waals surface area contributed by atoms with Crippen molar-refractivity contribution in [1.82, 2.24) is 0 Å². The molecule has 4 nitrogen and oxygen atoms in total. The van der Waals surface area contributed by atoms with E-state index in [1.807, 2.05) is 0 Å². The first-order chi connectivity index (χ1) is 6.59. The van der Waals surface area contributed by atoms with Crippen LogP contribution in [0.15, 0.2) is 18.2 Å². The Labute approximate surface area is 80.6 Å². The molecule has 1 amide bonds. The molecule has 1 aromatic carbocycles. The predicted octanol–water partition coefficient (Wildman–Crippen LogP) is 1.44. The monoisotopic (exact) mass is 191 g/mol. The van der Waals surface area contributed by atoms with E-state index in [2.05, 4.69) is 5.32 Å². The fourth-order valence-electron chi connectivity index (χ4n) is 1.55. The number of anilines is 1. The van der Waals surface area contributed by atoms with Gasteiger partial charge in [0.2, 0.25) is 5.91 Å². The first kappa shape index (κ1) is 8.74. The molecule has 0 bridgehead atoms. The minimum absolute atomic E-state index is 0.0810. The number of fused-ring (bicyclic) bond motifs is 1. The minimum atomic E-state index is -0.973. The smallest absolute Gasteiger partial charge is 0.335 e. The Morgan fingerprint density at radius 1 is 1.50 bits per heavy atom. The van der Waals surface area contributed by atoms with Gasteiger partial charge in [0.25, 0.3) is 0 Å². The number of hydrogen-bond donors (Lipinski definition) is 2. The average molecular weight is 191 g/mol. The molecule has 0 radical (unpaired) electrons. The molecule has 1 aliphatic rings. The van der Waals surface area contributed by atoms with Gasteiger partial charge in [0, 0.05) is 5.69 Å². The maximum atomic E-state index is 11.3. The number of carbonyl (C=O) groups is 2. The molecule has 1 atom stereocenters. The zero-order chi connectivity index (χ0) is 10.3. The van der Waals surface area contributed by atoms with Crippen LogP contribution in [0.3, 0.4) is 0 Å². The summed E-state index contributed by atoms with van der Waals surface area (Å²) in [5.74, 6) is -1.31. The van der Waals surface area contributed by atoms with E-state index >= 15 is 0 Å². The number of carboxylic acids is 1. The Balaban J connectivity index is 2.51. The quantitative estimate of drug-likeness (QED) is 0.705. The first-order valence-corrected chi connectivity index (χ1v) is 4.27. The van der Waals surface area contributed by atoms with Crippen molar-refractivity contribution >= 4 is 17.6 Å². The van der Waals surface area contributed by atoms with Crippen LogP contribution in [0, 0.1) is 0 Å². The van der Waals surface area contributed by atoms with Crippen LogP contribution in [-0.4, -0.2) is 17.0 Å². The lowest BCUT2D eigenvalue weighted by atomic mass is 10.0. The standard InChI is InChI=1S/C10H9NO3/c1-5-7-4-6(10(13)14)2-3-8(7)11-9(5)12/h2-5H,1H3,(H,11,12)(H,13,14)/t5-/m1/s1. The summed E-state index contributed by atoms with van der Waals surface area (Å²) in [7, 11) is 0. The fraction of sp³-hybridized carbons (Fsp3) is 0.200. The molecule has 0 aromatic heterocycles. The zero-order valence-corrected chi connectivity index (χ0v) is 7.57. The van der Waals surface area contributed by atoms with Crippen molar-refractivity contribution in [3.05, 3.63) is 29.3 Å². The van der Waals surface area contributed by atoms with Gasteiger partial charge in [-0.15, -0.1) is 0 Å². The highest BCUT2D eigenvalue weighted by atomic mass is 16.4. The van der Waals surface area contributed by atoms with Gasteiger partial charge < -0.3 is 10.4 Å². The number of carbonyl (C=O) groups excluding carboxylic acids is 1. The van der Waals surface area contributed by atoms with Gasteiger partial charge in [-0.25, -0.2) is 4.79 Å². The third-order valence-corrected chi connectivity index (χ3v) is 2.42. The third-order valence-electron chi connectivity index (χ3n) is 2.42. The topological polar surface area (TPSA) is 66.4 Å². The van der Waals surface area contributed by atoms with Gasteiger partial charge in [-0.2, -0.15) is 0 Å². The van der Waals surface area contributed by atoms with Crippen LogP contribution in [0.5, 0.6) is 0 Å². The normalized spacial score (nSPS) is 18.9. The van der Waals surface area contributed by atoms with Crippen molar-refractivity contribution in [1.29, 1.82) is 0 Å². The van der Waals surface area contributed by atoms with Crippen molar-refractivity contribution in [2.45, 2.75) is 12.8 Å². The molecule has 1 heterocycles. The number of amides is 1. The molecule has 0 saturated carbocycles. The van der Waals surface area contributed by atoms with E-state index in [0.29, 0.717) is 5.69 Å². The molecule has 2 rings (SSSR count). The first-order valence-electron chi connectivity index (χ1n) is 4.27. The van der Waals surface area contributed by atoms with Crippen molar-refractivity contribution in [3.8, 4) is 0 Å². The number of carboxylic acid groups (broad SMARTS) is 1. The lowest BCUT2D eigenvalue weighted by Gasteiger charge is -2.01. The van der Waals surface area contributed by atoms with Gasteiger partial charge in [-0.05, 0) is 30.7 Å². The van der Waals surface area contributed by atoms with E-state index in [-0.39, 0.29) is 17.4 Å². The number of benzene rings is 1. The summed E-state index contributed by atoms with van der Waals surface area (Å²) < 4.78 is 0. The fourth-order valence-corrected chi connectivity index (χ4v) is 1.55. The maximum absolute atomic E-state index is 11.3. The second-order valence-corrected chi connectivity index (χ2v) is 3.32. The number of aromatic carboxylic acids is 1. The van der Waals surface area contributed by atoms with Crippen molar-refractivity contribution < 1.29 is 14.7 Å². The Morgan fingerprint density at radius 3 is 2.86 bits per heavy atom. The minimum Gasteiger partial charge on any atom is -0.478 e. The van der Waals surface area contributed by atoms with Crippen LogP contribution in [0.4, 0.5) is 5.69 Å². The van der Waals surface area contributed by atoms with Crippen molar-refractivity contribution in [2.24, 2.45) is 0 Å². The molecule has 14 heavy (non-hydrogen) atoms. The van der Waals surface area contributed by atoms with Gasteiger partial charge in [0.1, 0.15) is 0 Å². The number of hydrogen-bond acceptors (Lipinski definition) is 2. The van der Waals surface area contributed by atoms with Crippen LogP contribution in [0.25, 0.3) is 0 Å². The summed E-state index contributed by atoms with van der Waals surface area (Å²) in [4.78, 5) is 21.9. The highest BCUT2D eigenvalue weighted by Gasteiger charge is 2.26. The largest absolute Gasteiger partial charge is 0.478 e. The predicted molar refractivity (Wildman–Crippen MR) is 50.4 cm³/mol. The van der Waals surface area contributed by atoms with Crippen LogP contribution in [0.2, 0.25) is 0 Å². The molecular formula is C10H9NO3. The van der Waals surface area contributed by atoms with Gasteiger partial charge >= 0.3 is 5.97 Å². The lowest BCUT2D eigenvalue weighted by molar-refractivity contribution is -0.116. The Hall–Kier alpha value is -1.84. The van der Waals surface area contributed by atoms with E-state index in [9.17, 15) is 9.59 Å². The van der Waals surface area contributed by atoms with Gasteiger partial charge in [0.05, 0.1) is 11.5 Å². The molecule has 0 spiro atoms. The lowest BCUT2D eigenvalue weighted by Crippen LogP contribution is -2.08. The molecule has 1 aliphatic heterocycles. The SMILES string of the molecule is C[C@H]1C(=O)Nc2ccc(C(=O)O)cc21. The maximum Gasteiger partial charge on any atom is 0.335 e. The van der Waals surface area contributed by atoms with Gasteiger partial charge in [0.15, 0.2) is 0 Å². The summed E-state index contributed by atoms with van der Waals surface area (Å²) in [6.07, 6.45) is 0. The highest BCUT2D eigenvalue weighted by Crippen LogP contribution is 2.32. The highest BCUT2D eigenvalue weighted by molar-refractivity contribution is 6.03. The average Bonchev–Trinajstić information content (AvgIpc) is 2.43. The molecule has 2 N–H and O–H groups in total. The molecular weight excluding hydrogens is 182 g/mol. The number of nitrogens with one attached hydrogen (secondary N) is 1.